The van der Waals surface area contributed by atoms with Crippen molar-refractivity contribution in [3.8, 4) is 0 Å². The standard InChI is InChI=1S/C6H9N2/c1-5-4-7-8(3)6(5)2/h4H,1H2,2-3H3/q+1. The molecule has 0 fully saturated rings. The Kier molecular flexibility index (Phi) is 1.01. The molecule has 0 radical (unpaired) electrons. The molecule has 2 heteroatoms. The van der Waals surface area contributed by atoms with E-state index in [1.54, 1.807) is 6.21 Å². The smallest absolute Gasteiger partial charge is 0.0908 e. The highest BCUT2D eigenvalue weighted by molar-refractivity contribution is 6.13. The number of hydrogen-bond donors (Lipinski definition) is 0. The lowest BCUT2D eigenvalue weighted by molar-refractivity contribution is -0.498. The third kappa shape index (κ3) is 0.579. The minimum atomic E-state index is 1.01. The number of rotatable bonds is 0. The van der Waals surface area contributed by atoms with Gasteiger partial charge in [0.2, 0.25) is 5.71 Å². The molecule has 1 aliphatic heterocycles. The van der Waals surface area contributed by atoms with Gasteiger partial charge in [0, 0.05) is 6.92 Å². The molecule has 0 amide bonds. The Bertz CT molecular complexity index is 183. The molecular formula is C6H9N2+. The molecule has 0 aromatic heterocycles. The van der Waals surface area contributed by atoms with Crippen LogP contribution < -0.4 is 0 Å². The van der Waals surface area contributed by atoms with Crippen molar-refractivity contribution in [1.29, 1.82) is 0 Å². The van der Waals surface area contributed by atoms with Crippen LogP contribution in [0.1, 0.15) is 6.92 Å². The van der Waals surface area contributed by atoms with Gasteiger partial charge in [-0.25, -0.2) is 0 Å². The summed E-state index contributed by atoms with van der Waals surface area (Å²) in [6, 6.07) is 0. The van der Waals surface area contributed by atoms with Crippen molar-refractivity contribution in [2.24, 2.45) is 5.10 Å². The molecule has 1 rings (SSSR count). The fraction of sp³-hybridized carbons (Fsp3) is 0.333. The Labute approximate surface area is 48.8 Å². The molecule has 0 aromatic carbocycles. The fourth-order valence-electron chi connectivity index (χ4n) is 0.544. The summed E-state index contributed by atoms with van der Waals surface area (Å²) in [5, 5.41) is 3.97. The van der Waals surface area contributed by atoms with Crippen molar-refractivity contribution in [3.63, 3.8) is 0 Å². The van der Waals surface area contributed by atoms with Gasteiger partial charge < -0.3 is 0 Å². The van der Waals surface area contributed by atoms with E-state index in [1.807, 2.05) is 18.7 Å². The molecule has 0 atom stereocenters. The summed E-state index contributed by atoms with van der Waals surface area (Å²) in [6.07, 6.45) is 1.76. The van der Waals surface area contributed by atoms with Crippen molar-refractivity contribution < 1.29 is 4.68 Å². The van der Waals surface area contributed by atoms with E-state index in [0.717, 1.165) is 11.3 Å². The second-order valence-electron chi connectivity index (χ2n) is 1.88. The van der Waals surface area contributed by atoms with E-state index in [1.165, 1.54) is 0 Å². The van der Waals surface area contributed by atoms with Crippen molar-refractivity contribution in [2.45, 2.75) is 6.92 Å². The van der Waals surface area contributed by atoms with Gasteiger partial charge in [0.05, 0.1) is 5.57 Å². The zero-order valence-corrected chi connectivity index (χ0v) is 5.18. The summed E-state index contributed by atoms with van der Waals surface area (Å²) in [6.45, 7) is 5.75. The maximum Gasteiger partial charge on any atom is 0.213 e. The average molecular weight is 109 g/mol. The molecule has 0 aromatic rings. The second-order valence-corrected chi connectivity index (χ2v) is 1.88. The van der Waals surface area contributed by atoms with Crippen LogP contribution in [-0.4, -0.2) is 23.7 Å². The molecule has 0 saturated heterocycles. The lowest BCUT2D eigenvalue weighted by Crippen LogP contribution is -2.02. The van der Waals surface area contributed by atoms with Crippen molar-refractivity contribution >= 4 is 11.9 Å². The molecule has 0 aliphatic carbocycles. The third-order valence-electron chi connectivity index (χ3n) is 1.34. The van der Waals surface area contributed by atoms with Crippen LogP contribution in [0.5, 0.6) is 0 Å². The van der Waals surface area contributed by atoms with Crippen LogP contribution in [0.15, 0.2) is 17.3 Å². The van der Waals surface area contributed by atoms with E-state index < -0.39 is 0 Å². The Hall–Kier alpha value is -0.920. The zero-order valence-electron chi connectivity index (χ0n) is 5.18. The first-order valence-electron chi connectivity index (χ1n) is 2.52. The van der Waals surface area contributed by atoms with Gasteiger partial charge in [-0.3, -0.25) is 0 Å². The fourth-order valence-corrected chi connectivity index (χ4v) is 0.544. The monoisotopic (exact) mass is 109 g/mol. The molecule has 42 valence electrons. The SMILES string of the molecule is C=C1C=N[N+](C)=C1C. The predicted molar refractivity (Wildman–Crippen MR) is 34.5 cm³/mol. The van der Waals surface area contributed by atoms with Crippen LogP contribution in [-0.2, 0) is 0 Å². The number of hydrogen-bond acceptors (Lipinski definition) is 1. The lowest BCUT2D eigenvalue weighted by atomic mass is 10.2. The Balaban J connectivity index is 3.02. The Morgan fingerprint density at radius 1 is 1.75 bits per heavy atom. The minimum Gasteiger partial charge on any atom is -0.0908 e. The summed E-state index contributed by atoms with van der Waals surface area (Å²) in [4.78, 5) is 0. The molecular weight excluding hydrogens is 100 g/mol. The van der Waals surface area contributed by atoms with Gasteiger partial charge in [-0.2, -0.15) is 0 Å². The summed E-state index contributed by atoms with van der Waals surface area (Å²) in [7, 11) is 1.91. The number of allylic oxidation sites excluding steroid dienone is 1. The first-order chi connectivity index (χ1) is 3.72. The highest BCUT2D eigenvalue weighted by Gasteiger charge is 2.12. The molecule has 0 spiro atoms. The first-order valence-corrected chi connectivity index (χ1v) is 2.52. The van der Waals surface area contributed by atoms with E-state index in [9.17, 15) is 0 Å². The van der Waals surface area contributed by atoms with Gasteiger partial charge in [0.1, 0.15) is 6.21 Å². The average Bonchev–Trinajstić information content (AvgIpc) is 1.98. The molecule has 0 N–H and O–H groups in total. The van der Waals surface area contributed by atoms with E-state index in [2.05, 4.69) is 11.7 Å². The lowest BCUT2D eigenvalue weighted by Gasteiger charge is -1.80. The maximum absolute atomic E-state index is 3.97. The van der Waals surface area contributed by atoms with Crippen LogP contribution in [0.2, 0.25) is 0 Å². The maximum atomic E-state index is 3.97. The highest BCUT2D eigenvalue weighted by Crippen LogP contribution is 1.97. The molecule has 0 bridgehead atoms. The van der Waals surface area contributed by atoms with Gasteiger partial charge in [0.15, 0.2) is 7.05 Å². The Morgan fingerprint density at radius 3 is 2.50 bits per heavy atom. The normalized spacial score (nSPS) is 18.5. The van der Waals surface area contributed by atoms with E-state index >= 15 is 0 Å². The first kappa shape index (κ1) is 5.22. The summed E-state index contributed by atoms with van der Waals surface area (Å²) < 4.78 is 1.81. The molecule has 0 saturated carbocycles. The summed E-state index contributed by atoms with van der Waals surface area (Å²) in [5.74, 6) is 0. The van der Waals surface area contributed by atoms with Gasteiger partial charge in [-0.15, -0.1) is 0 Å². The third-order valence-corrected chi connectivity index (χ3v) is 1.34. The van der Waals surface area contributed by atoms with E-state index in [4.69, 9.17) is 0 Å². The van der Waals surface area contributed by atoms with E-state index in [0.29, 0.717) is 0 Å². The van der Waals surface area contributed by atoms with Crippen LogP contribution in [0.4, 0.5) is 0 Å². The van der Waals surface area contributed by atoms with Crippen LogP contribution >= 0.6 is 0 Å². The van der Waals surface area contributed by atoms with Gasteiger partial charge in [-0.1, -0.05) is 11.3 Å². The van der Waals surface area contributed by atoms with Crippen LogP contribution in [0.25, 0.3) is 0 Å². The minimum absolute atomic E-state index is 1.01. The summed E-state index contributed by atoms with van der Waals surface area (Å²) >= 11 is 0. The molecule has 8 heavy (non-hydrogen) atoms. The topological polar surface area (TPSA) is 15.4 Å². The van der Waals surface area contributed by atoms with Gasteiger partial charge in [-0.05, 0) is 5.10 Å². The zero-order chi connectivity index (χ0) is 6.15. The van der Waals surface area contributed by atoms with Crippen LogP contribution in [0, 0.1) is 0 Å². The van der Waals surface area contributed by atoms with Gasteiger partial charge in [0.25, 0.3) is 0 Å². The second kappa shape index (κ2) is 1.54. The summed E-state index contributed by atoms with van der Waals surface area (Å²) in [5.41, 5.74) is 2.14. The van der Waals surface area contributed by atoms with E-state index in [-0.39, 0.29) is 0 Å². The molecule has 1 heterocycles. The van der Waals surface area contributed by atoms with Crippen LogP contribution in [0.3, 0.4) is 0 Å². The van der Waals surface area contributed by atoms with Crippen molar-refractivity contribution in [2.75, 3.05) is 7.05 Å². The number of nitrogens with zero attached hydrogens (tertiary/aromatic N) is 2. The van der Waals surface area contributed by atoms with Gasteiger partial charge >= 0.3 is 0 Å². The Morgan fingerprint density at radius 2 is 2.38 bits per heavy atom. The predicted octanol–water partition coefficient (Wildman–Crippen LogP) is 0.645. The van der Waals surface area contributed by atoms with Crippen molar-refractivity contribution in [3.05, 3.63) is 12.2 Å². The molecule has 1 aliphatic rings. The molecule has 2 nitrogen and oxygen atoms in total. The largest absolute Gasteiger partial charge is 0.213 e. The molecule has 0 unspecified atom stereocenters. The highest BCUT2D eigenvalue weighted by atomic mass is 15.4. The number of hydrazone groups is 1. The quantitative estimate of drug-likeness (QED) is 0.406. The van der Waals surface area contributed by atoms with Crippen molar-refractivity contribution in [1.82, 2.24) is 0 Å².